The van der Waals surface area contributed by atoms with Crippen molar-refractivity contribution in [3.05, 3.63) is 84.3 Å². The molecule has 3 aromatic rings. The lowest BCUT2D eigenvalue weighted by Gasteiger charge is -2.33. The molecule has 0 radical (unpaired) electrons. The molecule has 0 fully saturated rings. The van der Waals surface area contributed by atoms with E-state index in [1.54, 1.807) is 18.2 Å². The number of furan rings is 1. The zero-order chi connectivity index (χ0) is 24.0. The van der Waals surface area contributed by atoms with Crippen LogP contribution in [-0.4, -0.2) is 34.8 Å². The molecule has 1 aromatic carbocycles. The van der Waals surface area contributed by atoms with Gasteiger partial charge in [0.1, 0.15) is 11.9 Å². The maximum atomic E-state index is 13.6. The summed E-state index contributed by atoms with van der Waals surface area (Å²) in [4.78, 5) is 44.2. The fraction of sp³-hybridized carbons (Fsp3) is 0.250. The largest absolute Gasteiger partial charge is 0.459 e. The van der Waals surface area contributed by atoms with Crippen molar-refractivity contribution in [3.8, 4) is 0 Å². The highest BCUT2D eigenvalue weighted by atomic mass is 19.1. The molecule has 2 heterocycles. The number of pyridine rings is 1. The Morgan fingerprint density at radius 1 is 1.06 bits per heavy atom. The Kier molecular flexibility index (Phi) is 7.22. The zero-order valence-electron chi connectivity index (χ0n) is 18.5. The van der Waals surface area contributed by atoms with Crippen LogP contribution in [0.25, 0.3) is 0 Å². The van der Waals surface area contributed by atoms with Gasteiger partial charge in [-0.05, 0) is 74.9 Å². The summed E-state index contributed by atoms with van der Waals surface area (Å²) in [7, 11) is 0. The van der Waals surface area contributed by atoms with Crippen LogP contribution in [0.15, 0.2) is 71.6 Å². The first kappa shape index (κ1) is 23.6. The Labute approximate surface area is 190 Å². The van der Waals surface area contributed by atoms with E-state index < -0.39 is 41.7 Å². The standard InChI is InChI=1S/C24H25FN4O4/c1-24(2,3)28-23(32)21(16-10-12-26-13-11-16)29(18-8-6-17(25)7-9-18)20(30)15-27-22(31)19-5-4-14-33-19/h4-14,21H,15H2,1-3H3,(H,27,31)(H,28,32)/t21-/m1/s1. The summed E-state index contributed by atoms with van der Waals surface area (Å²) < 4.78 is 18.7. The van der Waals surface area contributed by atoms with E-state index in [0.29, 0.717) is 11.3 Å². The van der Waals surface area contributed by atoms with Gasteiger partial charge in [-0.2, -0.15) is 0 Å². The van der Waals surface area contributed by atoms with Crippen LogP contribution in [0.2, 0.25) is 0 Å². The van der Waals surface area contributed by atoms with Crippen LogP contribution in [-0.2, 0) is 9.59 Å². The number of aromatic nitrogens is 1. The SMILES string of the molecule is CC(C)(C)NC(=O)[C@@H](c1ccncc1)N(C(=O)CNC(=O)c1ccco1)c1ccc(F)cc1. The number of hydrogen-bond donors (Lipinski definition) is 2. The molecule has 8 nitrogen and oxygen atoms in total. The minimum Gasteiger partial charge on any atom is -0.459 e. The third-order valence-electron chi connectivity index (χ3n) is 4.55. The van der Waals surface area contributed by atoms with E-state index in [-0.39, 0.29) is 5.76 Å². The van der Waals surface area contributed by atoms with Crippen molar-refractivity contribution in [2.75, 3.05) is 11.4 Å². The summed E-state index contributed by atoms with van der Waals surface area (Å²) >= 11 is 0. The van der Waals surface area contributed by atoms with E-state index in [9.17, 15) is 18.8 Å². The lowest BCUT2D eigenvalue weighted by Crippen LogP contribution is -2.51. The number of nitrogens with one attached hydrogen (secondary N) is 2. The molecule has 0 saturated heterocycles. The van der Waals surface area contributed by atoms with Gasteiger partial charge in [0.05, 0.1) is 12.8 Å². The smallest absolute Gasteiger partial charge is 0.287 e. The first-order valence-corrected chi connectivity index (χ1v) is 10.3. The number of nitrogens with zero attached hydrogens (tertiary/aromatic N) is 2. The summed E-state index contributed by atoms with van der Waals surface area (Å²) in [5.41, 5.74) is 0.217. The minimum atomic E-state index is -1.09. The Hall–Kier alpha value is -4.01. The topological polar surface area (TPSA) is 105 Å². The minimum absolute atomic E-state index is 0.0484. The summed E-state index contributed by atoms with van der Waals surface area (Å²) in [5, 5.41) is 5.39. The van der Waals surface area contributed by atoms with Crippen molar-refractivity contribution in [3.63, 3.8) is 0 Å². The highest BCUT2D eigenvalue weighted by Gasteiger charge is 2.34. The van der Waals surface area contributed by atoms with E-state index in [1.807, 2.05) is 20.8 Å². The van der Waals surface area contributed by atoms with E-state index in [4.69, 9.17) is 4.42 Å². The number of benzene rings is 1. The highest BCUT2D eigenvalue weighted by molar-refractivity contribution is 6.04. The van der Waals surface area contributed by atoms with Crippen LogP contribution in [0.3, 0.4) is 0 Å². The number of hydrogen-bond acceptors (Lipinski definition) is 5. The second-order valence-electron chi connectivity index (χ2n) is 8.32. The Morgan fingerprint density at radius 3 is 2.30 bits per heavy atom. The van der Waals surface area contributed by atoms with Gasteiger partial charge in [-0.15, -0.1) is 0 Å². The van der Waals surface area contributed by atoms with E-state index in [1.165, 1.54) is 53.9 Å². The lowest BCUT2D eigenvalue weighted by molar-refractivity contribution is -0.127. The highest BCUT2D eigenvalue weighted by Crippen LogP contribution is 2.28. The molecule has 1 atom stereocenters. The number of anilines is 1. The fourth-order valence-electron chi connectivity index (χ4n) is 3.18. The van der Waals surface area contributed by atoms with Gasteiger partial charge in [0.25, 0.3) is 5.91 Å². The van der Waals surface area contributed by atoms with Gasteiger partial charge >= 0.3 is 0 Å². The molecule has 0 aliphatic heterocycles. The van der Waals surface area contributed by atoms with Gasteiger partial charge in [0.2, 0.25) is 11.8 Å². The Bertz CT molecular complexity index is 1090. The maximum absolute atomic E-state index is 13.6. The van der Waals surface area contributed by atoms with Gasteiger partial charge < -0.3 is 15.1 Å². The molecular formula is C24H25FN4O4. The lowest BCUT2D eigenvalue weighted by atomic mass is 10.0. The molecule has 0 aliphatic rings. The number of carbonyl (C=O) groups excluding carboxylic acids is 3. The molecule has 0 unspecified atom stereocenters. The van der Waals surface area contributed by atoms with Crippen LogP contribution < -0.4 is 15.5 Å². The van der Waals surface area contributed by atoms with Gasteiger partial charge in [-0.3, -0.25) is 24.3 Å². The Morgan fingerprint density at radius 2 is 1.73 bits per heavy atom. The van der Waals surface area contributed by atoms with Crippen LogP contribution in [0.1, 0.15) is 42.9 Å². The summed E-state index contributed by atoms with van der Waals surface area (Å²) in [6.07, 6.45) is 4.37. The molecule has 33 heavy (non-hydrogen) atoms. The first-order chi connectivity index (χ1) is 15.7. The van der Waals surface area contributed by atoms with Gasteiger partial charge in [0, 0.05) is 23.6 Å². The van der Waals surface area contributed by atoms with Crippen LogP contribution in [0.4, 0.5) is 10.1 Å². The predicted octanol–water partition coefficient (Wildman–Crippen LogP) is 3.23. The van der Waals surface area contributed by atoms with E-state index >= 15 is 0 Å². The maximum Gasteiger partial charge on any atom is 0.287 e. The first-order valence-electron chi connectivity index (χ1n) is 10.3. The second-order valence-corrected chi connectivity index (χ2v) is 8.32. The number of amides is 3. The van der Waals surface area contributed by atoms with E-state index in [2.05, 4.69) is 15.6 Å². The average molecular weight is 452 g/mol. The third-order valence-corrected chi connectivity index (χ3v) is 4.55. The third kappa shape index (κ3) is 6.25. The predicted molar refractivity (Wildman–Crippen MR) is 120 cm³/mol. The van der Waals surface area contributed by atoms with Crippen molar-refractivity contribution in [1.82, 2.24) is 15.6 Å². The molecule has 0 bridgehead atoms. The van der Waals surface area contributed by atoms with Crippen LogP contribution >= 0.6 is 0 Å². The van der Waals surface area contributed by atoms with Crippen molar-refractivity contribution in [2.45, 2.75) is 32.4 Å². The number of halogens is 1. The second kappa shape index (κ2) is 10.1. The van der Waals surface area contributed by atoms with Crippen molar-refractivity contribution >= 4 is 23.4 Å². The summed E-state index contributed by atoms with van der Waals surface area (Å²) in [6.45, 7) is 5.05. The molecule has 0 saturated carbocycles. The molecule has 3 rings (SSSR count). The van der Waals surface area contributed by atoms with Crippen molar-refractivity contribution < 1.29 is 23.2 Å². The fourth-order valence-corrected chi connectivity index (χ4v) is 3.18. The van der Waals surface area contributed by atoms with Crippen molar-refractivity contribution in [1.29, 1.82) is 0 Å². The van der Waals surface area contributed by atoms with Crippen molar-refractivity contribution in [2.24, 2.45) is 0 Å². The van der Waals surface area contributed by atoms with Gasteiger partial charge in [0.15, 0.2) is 5.76 Å². The summed E-state index contributed by atoms with van der Waals surface area (Å²) in [5.74, 6) is -2.03. The van der Waals surface area contributed by atoms with Gasteiger partial charge in [-0.25, -0.2) is 4.39 Å². The molecule has 0 aliphatic carbocycles. The normalized spacial score (nSPS) is 12.0. The molecule has 3 amide bonds. The van der Waals surface area contributed by atoms with Crippen LogP contribution in [0, 0.1) is 5.82 Å². The monoisotopic (exact) mass is 452 g/mol. The van der Waals surface area contributed by atoms with Gasteiger partial charge in [-0.1, -0.05) is 0 Å². The molecule has 172 valence electrons. The van der Waals surface area contributed by atoms with Crippen LogP contribution in [0.5, 0.6) is 0 Å². The van der Waals surface area contributed by atoms with E-state index in [0.717, 1.165) is 0 Å². The molecule has 9 heteroatoms. The molecular weight excluding hydrogens is 427 g/mol. The number of rotatable bonds is 7. The summed E-state index contributed by atoms with van der Waals surface area (Å²) in [6, 6.07) is 10.4. The molecule has 2 N–H and O–H groups in total. The molecule has 0 spiro atoms. The molecule has 2 aromatic heterocycles. The quantitative estimate of drug-likeness (QED) is 0.573. The zero-order valence-corrected chi connectivity index (χ0v) is 18.5. The Balaban J connectivity index is 1.98. The average Bonchev–Trinajstić information content (AvgIpc) is 3.31. The number of carbonyl (C=O) groups is 3.